The minimum Gasteiger partial charge on any atom is -0.297 e. The van der Waals surface area contributed by atoms with Gasteiger partial charge in [0, 0.05) is 43.5 Å². The maximum atomic E-state index is 4.18. The van der Waals surface area contributed by atoms with Crippen LogP contribution in [0, 0.1) is 6.92 Å². The second-order valence-corrected chi connectivity index (χ2v) is 4.92. The third-order valence-electron chi connectivity index (χ3n) is 2.65. The molecule has 3 heteroatoms. The molecule has 0 spiro atoms. The number of nitrogens with zero attached hydrogens (tertiary/aromatic N) is 2. The van der Waals surface area contributed by atoms with Gasteiger partial charge in [0.2, 0.25) is 0 Å². The van der Waals surface area contributed by atoms with Gasteiger partial charge in [-0.15, -0.1) is 0 Å². The first kappa shape index (κ1) is 9.99. The number of rotatable bonds is 2. The maximum absolute atomic E-state index is 4.18. The molecular weight excluding hydrogens is 192 g/mol. The Bertz CT molecular complexity index is 295. The van der Waals surface area contributed by atoms with Gasteiger partial charge in [0.1, 0.15) is 0 Å². The van der Waals surface area contributed by atoms with Crippen molar-refractivity contribution in [2.24, 2.45) is 0 Å². The van der Waals surface area contributed by atoms with Crippen LogP contribution in [0.1, 0.15) is 11.1 Å². The van der Waals surface area contributed by atoms with Crippen LogP contribution >= 0.6 is 11.8 Å². The number of aryl methyl sites for hydroxylation is 1. The van der Waals surface area contributed by atoms with Gasteiger partial charge < -0.3 is 0 Å². The summed E-state index contributed by atoms with van der Waals surface area (Å²) in [6.07, 6.45) is 3.86. The lowest BCUT2D eigenvalue weighted by atomic mass is 10.1. The minimum atomic E-state index is 1.07. The zero-order chi connectivity index (χ0) is 9.80. The lowest BCUT2D eigenvalue weighted by Crippen LogP contribution is -2.32. The topological polar surface area (TPSA) is 16.1 Å². The summed E-state index contributed by atoms with van der Waals surface area (Å²) in [6, 6.07) is 2.09. The van der Waals surface area contributed by atoms with Gasteiger partial charge in [-0.25, -0.2) is 0 Å². The van der Waals surface area contributed by atoms with E-state index in [9.17, 15) is 0 Å². The highest BCUT2D eigenvalue weighted by molar-refractivity contribution is 7.99. The van der Waals surface area contributed by atoms with E-state index >= 15 is 0 Å². The van der Waals surface area contributed by atoms with E-state index in [1.165, 1.54) is 35.7 Å². The quantitative estimate of drug-likeness (QED) is 0.739. The molecule has 1 aromatic heterocycles. The fourth-order valence-corrected chi connectivity index (χ4v) is 2.64. The Balaban J connectivity index is 1.99. The number of hydrogen-bond acceptors (Lipinski definition) is 3. The molecule has 1 aliphatic heterocycles. The van der Waals surface area contributed by atoms with E-state index in [1.807, 2.05) is 12.4 Å². The summed E-state index contributed by atoms with van der Waals surface area (Å²) in [5.74, 6) is 2.55. The number of pyridine rings is 1. The summed E-state index contributed by atoms with van der Waals surface area (Å²) < 4.78 is 0. The lowest BCUT2D eigenvalue weighted by Gasteiger charge is -2.26. The van der Waals surface area contributed by atoms with E-state index in [0.717, 1.165) is 6.54 Å². The molecule has 0 N–H and O–H groups in total. The summed E-state index contributed by atoms with van der Waals surface area (Å²) in [4.78, 5) is 6.69. The first-order valence-corrected chi connectivity index (χ1v) is 6.21. The molecule has 1 aliphatic rings. The van der Waals surface area contributed by atoms with Crippen LogP contribution < -0.4 is 0 Å². The van der Waals surface area contributed by atoms with Crippen molar-refractivity contribution in [1.82, 2.24) is 9.88 Å². The van der Waals surface area contributed by atoms with Crippen molar-refractivity contribution in [3.8, 4) is 0 Å². The molecule has 0 atom stereocenters. The fourth-order valence-electron chi connectivity index (χ4n) is 1.66. The van der Waals surface area contributed by atoms with Crippen molar-refractivity contribution in [2.75, 3.05) is 24.6 Å². The van der Waals surface area contributed by atoms with Crippen LogP contribution in [0.2, 0.25) is 0 Å². The van der Waals surface area contributed by atoms with Crippen molar-refractivity contribution < 1.29 is 0 Å². The summed E-state index contributed by atoms with van der Waals surface area (Å²) >= 11 is 2.06. The Kier molecular flexibility index (Phi) is 3.43. The van der Waals surface area contributed by atoms with E-state index in [1.54, 1.807) is 0 Å². The molecule has 0 aliphatic carbocycles. The minimum absolute atomic E-state index is 1.07. The second kappa shape index (κ2) is 4.80. The van der Waals surface area contributed by atoms with Crippen LogP contribution in [0.5, 0.6) is 0 Å². The van der Waals surface area contributed by atoms with Crippen LogP contribution in [0.3, 0.4) is 0 Å². The van der Waals surface area contributed by atoms with Crippen molar-refractivity contribution >= 4 is 11.8 Å². The highest BCUT2D eigenvalue weighted by Crippen LogP contribution is 2.14. The van der Waals surface area contributed by atoms with Gasteiger partial charge in [-0.3, -0.25) is 9.88 Å². The second-order valence-electron chi connectivity index (χ2n) is 3.69. The zero-order valence-corrected chi connectivity index (χ0v) is 9.39. The molecule has 0 aromatic carbocycles. The molecule has 1 fully saturated rings. The molecular formula is C11H16N2S. The SMILES string of the molecule is Cc1ccncc1CN1CCSCC1. The van der Waals surface area contributed by atoms with Crippen LogP contribution in [-0.4, -0.2) is 34.5 Å². The average molecular weight is 208 g/mol. The zero-order valence-electron chi connectivity index (χ0n) is 8.57. The van der Waals surface area contributed by atoms with Gasteiger partial charge in [-0.05, 0) is 24.1 Å². The maximum Gasteiger partial charge on any atom is 0.0315 e. The van der Waals surface area contributed by atoms with Crippen LogP contribution in [0.15, 0.2) is 18.5 Å². The van der Waals surface area contributed by atoms with Crippen molar-refractivity contribution in [2.45, 2.75) is 13.5 Å². The van der Waals surface area contributed by atoms with Gasteiger partial charge in [-0.1, -0.05) is 0 Å². The Labute approximate surface area is 89.7 Å². The Morgan fingerprint density at radius 3 is 2.93 bits per heavy atom. The molecule has 2 heterocycles. The molecule has 0 radical (unpaired) electrons. The van der Waals surface area contributed by atoms with Gasteiger partial charge in [0.15, 0.2) is 0 Å². The Morgan fingerprint density at radius 1 is 1.43 bits per heavy atom. The lowest BCUT2D eigenvalue weighted by molar-refractivity contribution is 0.293. The molecule has 0 bridgehead atoms. The van der Waals surface area contributed by atoms with Crippen LogP contribution in [-0.2, 0) is 6.54 Å². The Hall–Kier alpha value is -0.540. The molecule has 0 amide bonds. The van der Waals surface area contributed by atoms with Gasteiger partial charge in [0.05, 0.1) is 0 Å². The standard InChI is InChI=1S/C11H16N2S/c1-10-2-3-12-8-11(10)9-13-4-6-14-7-5-13/h2-3,8H,4-7,9H2,1H3. The molecule has 0 unspecified atom stereocenters. The first-order valence-electron chi connectivity index (χ1n) is 5.06. The van der Waals surface area contributed by atoms with Gasteiger partial charge in [0.25, 0.3) is 0 Å². The highest BCUT2D eigenvalue weighted by atomic mass is 32.2. The molecule has 1 saturated heterocycles. The predicted molar refractivity (Wildman–Crippen MR) is 61.6 cm³/mol. The summed E-state index contributed by atoms with van der Waals surface area (Å²) in [7, 11) is 0. The highest BCUT2D eigenvalue weighted by Gasteiger charge is 2.11. The summed E-state index contributed by atoms with van der Waals surface area (Å²) in [5, 5.41) is 0. The number of thioether (sulfide) groups is 1. The number of hydrogen-bond donors (Lipinski definition) is 0. The average Bonchev–Trinajstić information content (AvgIpc) is 2.23. The van der Waals surface area contributed by atoms with Crippen molar-refractivity contribution in [1.29, 1.82) is 0 Å². The monoisotopic (exact) mass is 208 g/mol. The smallest absolute Gasteiger partial charge is 0.0315 e. The molecule has 14 heavy (non-hydrogen) atoms. The van der Waals surface area contributed by atoms with E-state index in [-0.39, 0.29) is 0 Å². The van der Waals surface area contributed by atoms with Gasteiger partial charge in [-0.2, -0.15) is 11.8 Å². The van der Waals surface area contributed by atoms with Gasteiger partial charge >= 0.3 is 0 Å². The fraction of sp³-hybridized carbons (Fsp3) is 0.545. The predicted octanol–water partition coefficient (Wildman–Crippen LogP) is 1.94. The number of aromatic nitrogens is 1. The third kappa shape index (κ3) is 2.49. The summed E-state index contributed by atoms with van der Waals surface area (Å²) in [6.45, 7) is 5.67. The molecule has 0 saturated carbocycles. The van der Waals surface area contributed by atoms with Crippen LogP contribution in [0.25, 0.3) is 0 Å². The van der Waals surface area contributed by atoms with Crippen LogP contribution in [0.4, 0.5) is 0 Å². The van der Waals surface area contributed by atoms with E-state index in [0.29, 0.717) is 0 Å². The first-order chi connectivity index (χ1) is 6.86. The van der Waals surface area contributed by atoms with E-state index in [4.69, 9.17) is 0 Å². The van der Waals surface area contributed by atoms with Crippen molar-refractivity contribution in [3.05, 3.63) is 29.6 Å². The van der Waals surface area contributed by atoms with Crippen molar-refractivity contribution in [3.63, 3.8) is 0 Å². The molecule has 1 aromatic rings. The Morgan fingerprint density at radius 2 is 2.21 bits per heavy atom. The van der Waals surface area contributed by atoms with E-state index < -0.39 is 0 Å². The normalized spacial score (nSPS) is 18.4. The molecule has 76 valence electrons. The molecule has 2 rings (SSSR count). The molecule has 2 nitrogen and oxygen atoms in total. The van der Waals surface area contributed by atoms with E-state index in [2.05, 4.69) is 34.6 Å². The summed E-state index contributed by atoms with van der Waals surface area (Å²) in [5.41, 5.74) is 2.73. The largest absolute Gasteiger partial charge is 0.297 e. The third-order valence-corrected chi connectivity index (χ3v) is 3.59.